The van der Waals surface area contributed by atoms with Crippen LogP contribution in [0.25, 0.3) is 0 Å². The van der Waals surface area contributed by atoms with Gasteiger partial charge in [-0.2, -0.15) is 0 Å². The van der Waals surface area contributed by atoms with Crippen molar-refractivity contribution in [2.24, 2.45) is 0 Å². The van der Waals surface area contributed by atoms with Crippen LogP contribution in [0.2, 0.25) is 0 Å². The maximum Gasteiger partial charge on any atom is 0.149 e. The van der Waals surface area contributed by atoms with Gasteiger partial charge in [0.2, 0.25) is 0 Å². The van der Waals surface area contributed by atoms with E-state index < -0.39 is 67.1 Å². The number of piperidine rings is 4. The molecule has 56 heavy (non-hydrogen) atoms. The second-order valence-corrected chi connectivity index (χ2v) is 18.3. The third-order valence-corrected chi connectivity index (χ3v) is 14.9. The van der Waals surface area contributed by atoms with Gasteiger partial charge in [0.05, 0.1) is 117 Å². The molecule has 12 heterocycles. The highest BCUT2D eigenvalue weighted by Gasteiger charge is 2.66. The first-order valence-electron chi connectivity index (χ1n) is 20.8. The lowest BCUT2D eigenvalue weighted by Crippen LogP contribution is -2.56. The van der Waals surface area contributed by atoms with E-state index >= 15 is 0 Å². The fourth-order valence-electron chi connectivity index (χ4n) is 11.7. The number of epoxide rings is 4. The Morgan fingerprint density at radius 3 is 1.84 bits per heavy atom. The van der Waals surface area contributed by atoms with Crippen molar-refractivity contribution in [3.05, 3.63) is 0 Å². The Balaban J connectivity index is 0.0000000977. The van der Waals surface area contributed by atoms with Crippen molar-refractivity contribution in [1.29, 1.82) is 0 Å². The van der Waals surface area contributed by atoms with Crippen LogP contribution in [0.4, 0.5) is 0 Å². The maximum absolute atomic E-state index is 9.85. The summed E-state index contributed by atoms with van der Waals surface area (Å²) in [7, 11) is 0. The minimum absolute atomic E-state index is 0.0280. The number of fused-ring (bicyclic) bond motifs is 8. The average Bonchev–Trinajstić information content (AvgIpc) is 4.07. The van der Waals surface area contributed by atoms with Crippen LogP contribution in [0.5, 0.6) is 0 Å². The molecular weight excluding hydrogens is 740 g/mol. The summed E-state index contributed by atoms with van der Waals surface area (Å²) in [6.45, 7) is 6.38. The molecule has 0 aliphatic carbocycles. The normalized spacial score (nSPS) is 57.6. The summed E-state index contributed by atoms with van der Waals surface area (Å²) in [5.74, 6) is 0. The molecule has 19 nitrogen and oxygen atoms in total. The van der Waals surface area contributed by atoms with Crippen LogP contribution in [0.3, 0.4) is 0 Å². The summed E-state index contributed by atoms with van der Waals surface area (Å²) in [6, 6.07) is -0.679. The number of rotatable bonds is 1. The van der Waals surface area contributed by atoms with Gasteiger partial charge >= 0.3 is 0 Å². The van der Waals surface area contributed by atoms with Crippen LogP contribution in [0, 0.1) is 0 Å². The van der Waals surface area contributed by atoms with E-state index in [1.807, 2.05) is 21.6 Å². The van der Waals surface area contributed by atoms with E-state index in [0.717, 1.165) is 45.4 Å². The zero-order chi connectivity index (χ0) is 39.6. The van der Waals surface area contributed by atoms with Gasteiger partial charge in [-0.3, -0.25) is 19.6 Å². The van der Waals surface area contributed by atoms with Crippen molar-refractivity contribution in [3.63, 3.8) is 0 Å². The van der Waals surface area contributed by atoms with Crippen molar-refractivity contribution in [3.8, 4) is 0 Å². The fraction of sp³-hybridized carbons (Fsp3) is 1.00. The second-order valence-electron chi connectivity index (χ2n) is 18.3. The highest BCUT2D eigenvalue weighted by Crippen LogP contribution is 2.51. The smallest absolute Gasteiger partial charge is 0.149 e. The molecule has 6 unspecified atom stereocenters. The summed E-state index contributed by atoms with van der Waals surface area (Å²) < 4.78 is 21.6. The Hall–Kier alpha value is -0.760. The van der Waals surface area contributed by atoms with E-state index in [1.165, 1.54) is 0 Å². The molecule has 12 aliphatic heterocycles. The number of ether oxygens (including phenoxy) is 4. The zero-order valence-corrected chi connectivity index (χ0v) is 31.8. The average molecular weight is 803 g/mol. The molecule has 2 spiro atoms. The first kappa shape index (κ1) is 40.6. The molecule has 12 saturated heterocycles. The molecule has 0 bridgehead atoms. The Morgan fingerprint density at radius 1 is 0.607 bits per heavy atom. The van der Waals surface area contributed by atoms with Gasteiger partial charge in [-0.1, -0.05) is 0 Å². The summed E-state index contributed by atoms with van der Waals surface area (Å²) in [5.41, 5.74) is -0.419. The van der Waals surface area contributed by atoms with Crippen molar-refractivity contribution < 1.29 is 75.1 Å². The topological polar surface area (TPSA) is 286 Å². The van der Waals surface area contributed by atoms with E-state index in [-0.39, 0.29) is 66.1 Å². The van der Waals surface area contributed by atoms with Crippen LogP contribution >= 0.6 is 0 Å². The first-order chi connectivity index (χ1) is 26.7. The molecule has 0 saturated carbocycles. The third kappa shape index (κ3) is 6.98. The van der Waals surface area contributed by atoms with Crippen LogP contribution < -0.4 is 0 Å². The fourth-order valence-corrected chi connectivity index (χ4v) is 11.7. The van der Waals surface area contributed by atoms with Gasteiger partial charge in [-0.25, -0.2) is 0 Å². The second kappa shape index (κ2) is 15.0. The molecule has 0 aromatic carbocycles. The molecule has 12 rings (SSSR count). The largest absolute Gasteiger partial charge is 0.391 e. The van der Waals surface area contributed by atoms with E-state index in [0.29, 0.717) is 45.4 Å². The molecule has 0 aromatic heterocycles. The molecule has 320 valence electrons. The Labute approximate surface area is 325 Å². The maximum atomic E-state index is 9.85. The molecule has 0 amide bonds. The number of hydrogen-bond donors (Lipinski definition) is 11. The molecule has 12 fully saturated rings. The third-order valence-electron chi connectivity index (χ3n) is 14.9. The molecule has 12 aliphatic rings. The first-order valence-corrected chi connectivity index (χ1v) is 20.8. The lowest BCUT2D eigenvalue weighted by Gasteiger charge is -2.40. The molecule has 0 aromatic rings. The van der Waals surface area contributed by atoms with Crippen LogP contribution in [-0.2, 0) is 18.9 Å². The van der Waals surface area contributed by atoms with E-state index in [9.17, 15) is 56.2 Å². The lowest BCUT2D eigenvalue weighted by molar-refractivity contribution is -0.0776. The Morgan fingerprint density at radius 2 is 1.20 bits per heavy atom. The highest BCUT2D eigenvalue weighted by atomic mass is 16.6. The number of hydrogen-bond acceptors (Lipinski definition) is 19. The summed E-state index contributed by atoms with van der Waals surface area (Å²) in [6.07, 6.45) is -1.32. The Bertz CT molecular complexity index is 1420. The quantitative estimate of drug-likeness (QED) is 0.110. The van der Waals surface area contributed by atoms with Crippen molar-refractivity contribution in [2.75, 3.05) is 45.9 Å². The number of aliphatic hydroxyl groups is 11. The zero-order valence-electron chi connectivity index (χ0n) is 31.8. The predicted octanol–water partition coefficient (Wildman–Crippen LogP) is -6.19. The van der Waals surface area contributed by atoms with E-state index in [2.05, 4.69) is 4.90 Å². The summed E-state index contributed by atoms with van der Waals surface area (Å²) in [4.78, 5) is 8.02. The van der Waals surface area contributed by atoms with Gasteiger partial charge in [0.1, 0.15) is 23.7 Å². The lowest BCUT2D eigenvalue weighted by atomic mass is 9.88. The molecule has 19 heteroatoms. The van der Waals surface area contributed by atoms with Crippen LogP contribution in [0.1, 0.15) is 51.9 Å². The SMILES string of the molecule is CC1OC12CC[C@@H](O)[C@@H]1[C@H](O)[C@H](O)CN12.O[C@@H]1[C@H](O)CN2CCC[C@]3(CO3)[C@H]12.O[C@H]1[C@H]2[C@H](O)CC3OC3N2C[C@H]1O.O[C@H]1[C@H]2[C@H](O)CCC(C3CO3)N2C[C@H]1O. The van der Waals surface area contributed by atoms with Crippen LogP contribution in [-0.4, -0.2) is 255 Å². The minimum Gasteiger partial charge on any atom is -0.391 e. The minimum atomic E-state index is -0.853. The summed E-state index contributed by atoms with van der Waals surface area (Å²) >= 11 is 0. The monoisotopic (exact) mass is 802 g/mol. The van der Waals surface area contributed by atoms with Gasteiger partial charge in [-0.15, -0.1) is 0 Å². The van der Waals surface area contributed by atoms with Gasteiger partial charge in [0, 0.05) is 38.6 Å². The molecule has 22 atom stereocenters. The van der Waals surface area contributed by atoms with Gasteiger partial charge < -0.3 is 75.1 Å². The van der Waals surface area contributed by atoms with E-state index in [1.54, 1.807) is 0 Å². The summed E-state index contributed by atoms with van der Waals surface area (Å²) in [5, 5.41) is 107. The van der Waals surface area contributed by atoms with Crippen molar-refractivity contribution in [2.45, 2.75) is 185 Å². The van der Waals surface area contributed by atoms with Crippen LogP contribution in [0.15, 0.2) is 0 Å². The predicted molar refractivity (Wildman–Crippen MR) is 189 cm³/mol. The highest BCUT2D eigenvalue weighted by molar-refractivity contribution is 5.15. The molecule has 11 N–H and O–H groups in total. The van der Waals surface area contributed by atoms with Crippen molar-refractivity contribution >= 4 is 0 Å². The van der Waals surface area contributed by atoms with Gasteiger partial charge in [0.25, 0.3) is 0 Å². The molecular formula is C37H62N4O15. The van der Waals surface area contributed by atoms with Gasteiger partial charge in [-0.05, 0) is 52.0 Å². The number of nitrogens with zero attached hydrogens (tertiary/aromatic N) is 4. The molecule has 0 radical (unpaired) electrons. The Kier molecular flexibility index (Phi) is 10.9. The van der Waals surface area contributed by atoms with Gasteiger partial charge in [0.15, 0.2) is 0 Å². The van der Waals surface area contributed by atoms with E-state index in [4.69, 9.17) is 18.9 Å². The number of aliphatic hydroxyl groups excluding tert-OH is 11. The standard InChI is InChI=1S/2C10H17NO4.C9H15NO3.C8H13NO4/c1-5-10(15-5)3-2-6(12)8-9(14)7(13)4-11(8)10;12-6-2-1-5(8-4-15-8)11-3-7(13)10(14)9(6)11;11-6-4-10-3-1-2-9(5-13-9)8(10)7(6)12;10-3-1-5-8(13-5)9-2-4(11)7(12)6(3)9/h5-9,12-14H,2-4H2,1H3;5-10,12-14H,1-4H2;6-8,11-12H,1-5H2;3-8,10-12H,1-2H2/t5?,6-,7-,8-,9-,10?;5?,6-,7-,8?,9-,10-;6-,7-,8+,9+;3-,4-,5?,6-,7-,8?/m1111/s1. The van der Waals surface area contributed by atoms with Crippen molar-refractivity contribution in [1.82, 2.24) is 19.6 Å².